The van der Waals surface area contributed by atoms with Gasteiger partial charge in [-0.25, -0.2) is 14.4 Å². The van der Waals surface area contributed by atoms with Crippen molar-refractivity contribution in [2.75, 3.05) is 26.3 Å². The van der Waals surface area contributed by atoms with E-state index in [-0.39, 0.29) is 25.3 Å². The Labute approximate surface area is 129 Å². The molecule has 1 amide bonds. The van der Waals surface area contributed by atoms with E-state index < -0.39 is 18.0 Å². The van der Waals surface area contributed by atoms with Gasteiger partial charge in [-0.3, -0.25) is 0 Å². The van der Waals surface area contributed by atoms with E-state index in [0.717, 1.165) is 0 Å². The molecule has 0 aliphatic heterocycles. The van der Waals surface area contributed by atoms with E-state index in [2.05, 4.69) is 28.8 Å². The van der Waals surface area contributed by atoms with Gasteiger partial charge in [0.1, 0.15) is 6.61 Å². The number of nitrogens with one attached hydrogen (secondary N) is 2. The first-order valence-electron chi connectivity index (χ1n) is 6.67. The highest BCUT2D eigenvalue weighted by Gasteiger charge is 2.05. The maximum absolute atomic E-state index is 11.2. The van der Waals surface area contributed by atoms with Crippen LogP contribution in [0.3, 0.4) is 0 Å². The van der Waals surface area contributed by atoms with Crippen molar-refractivity contribution in [1.82, 2.24) is 10.8 Å². The number of amides is 1. The van der Waals surface area contributed by atoms with Crippen LogP contribution >= 0.6 is 0 Å². The lowest BCUT2D eigenvalue weighted by Crippen LogP contribution is -2.29. The molecule has 2 N–H and O–H groups in total. The number of rotatable bonds is 10. The van der Waals surface area contributed by atoms with E-state index in [4.69, 9.17) is 9.47 Å². The summed E-state index contributed by atoms with van der Waals surface area (Å²) in [5, 5.41) is 2.42. The third-order valence-corrected chi connectivity index (χ3v) is 2.12. The first-order valence-corrected chi connectivity index (χ1v) is 6.67. The predicted molar refractivity (Wildman–Crippen MR) is 78.6 cm³/mol. The van der Waals surface area contributed by atoms with Gasteiger partial charge in [-0.1, -0.05) is 13.2 Å². The van der Waals surface area contributed by atoms with Gasteiger partial charge in [-0.05, 0) is 20.3 Å². The summed E-state index contributed by atoms with van der Waals surface area (Å²) in [6.45, 7) is 10.6. The maximum atomic E-state index is 11.2. The number of esters is 1. The lowest BCUT2D eigenvalue weighted by Gasteiger charge is -2.08. The van der Waals surface area contributed by atoms with Gasteiger partial charge < -0.3 is 19.6 Å². The van der Waals surface area contributed by atoms with Gasteiger partial charge >= 0.3 is 18.0 Å². The monoisotopic (exact) mass is 314 g/mol. The Hall–Kier alpha value is -2.35. The molecule has 0 radical (unpaired) electrons. The summed E-state index contributed by atoms with van der Waals surface area (Å²) in [5.41, 5.74) is 3.01. The summed E-state index contributed by atoms with van der Waals surface area (Å²) in [4.78, 5) is 37.9. The number of ether oxygens (including phenoxy) is 2. The average Bonchev–Trinajstić information content (AvgIpc) is 2.46. The van der Waals surface area contributed by atoms with E-state index in [0.29, 0.717) is 18.5 Å². The second-order valence-corrected chi connectivity index (χ2v) is 4.40. The number of hydroxylamine groups is 1. The smallest absolute Gasteiger partial charge is 0.407 e. The number of hydrogen-bond donors (Lipinski definition) is 2. The number of carbonyl (C=O) groups is 3. The molecule has 0 bridgehead atoms. The highest BCUT2D eigenvalue weighted by atomic mass is 16.7. The first-order chi connectivity index (χ1) is 10.3. The second kappa shape index (κ2) is 11.3. The van der Waals surface area contributed by atoms with Crippen molar-refractivity contribution in [2.45, 2.75) is 20.3 Å². The summed E-state index contributed by atoms with van der Waals surface area (Å²) in [5.74, 6) is -1.05. The average molecular weight is 314 g/mol. The molecule has 0 atom stereocenters. The van der Waals surface area contributed by atoms with Crippen molar-refractivity contribution in [3.05, 3.63) is 24.3 Å². The Kier molecular flexibility index (Phi) is 10.1. The van der Waals surface area contributed by atoms with Crippen LogP contribution in [0.25, 0.3) is 0 Å². The van der Waals surface area contributed by atoms with Crippen LogP contribution in [-0.4, -0.2) is 44.3 Å². The van der Waals surface area contributed by atoms with Gasteiger partial charge in [0, 0.05) is 17.7 Å². The number of carbonyl (C=O) groups excluding carboxylic acids is 3. The standard InChI is InChI=1S/C14H22N2O6/c1-10(2)12(17)20-9-7-15-14(19)21-8-5-6-16-22-13(18)11(3)4/h16H,1,3,5-9H2,2,4H3,(H,15,19). The van der Waals surface area contributed by atoms with Crippen LogP contribution < -0.4 is 10.8 Å². The molecule has 0 rings (SSSR count). The molecule has 0 saturated carbocycles. The normalized spacial score (nSPS) is 9.55. The second-order valence-electron chi connectivity index (χ2n) is 4.40. The molecule has 0 aliphatic rings. The van der Waals surface area contributed by atoms with Crippen LogP contribution in [0.1, 0.15) is 20.3 Å². The molecule has 0 saturated heterocycles. The van der Waals surface area contributed by atoms with Gasteiger partial charge in [0.05, 0.1) is 13.2 Å². The fraction of sp³-hybridized carbons (Fsp3) is 0.500. The Morgan fingerprint density at radius 1 is 0.909 bits per heavy atom. The molecule has 0 spiro atoms. The van der Waals surface area contributed by atoms with Gasteiger partial charge in [-0.2, -0.15) is 5.48 Å². The third-order valence-electron chi connectivity index (χ3n) is 2.12. The van der Waals surface area contributed by atoms with Crippen molar-refractivity contribution < 1.29 is 28.7 Å². The molecular formula is C14H22N2O6. The van der Waals surface area contributed by atoms with E-state index in [1.54, 1.807) is 0 Å². The highest BCUT2D eigenvalue weighted by molar-refractivity contribution is 5.87. The lowest BCUT2D eigenvalue weighted by atomic mass is 10.4. The van der Waals surface area contributed by atoms with Crippen LogP contribution in [0.2, 0.25) is 0 Å². The highest BCUT2D eigenvalue weighted by Crippen LogP contribution is 1.91. The van der Waals surface area contributed by atoms with Gasteiger partial charge in [0.15, 0.2) is 0 Å². The Balaban J connectivity index is 3.47. The topological polar surface area (TPSA) is 103 Å². The van der Waals surface area contributed by atoms with Crippen LogP contribution in [0.15, 0.2) is 24.3 Å². The molecule has 0 aromatic rings. The molecule has 0 aliphatic carbocycles. The largest absolute Gasteiger partial charge is 0.460 e. The summed E-state index contributed by atoms with van der Waals surface area (Å²) >= 11 is 0. The SMILES string of the molecule is C=C(C)C(=O)OCCNC(=O)OCCCNOC(=O)C(=C)C. The molecule has 0 heterocycles. The van der Waals surface area contributed by atoms with Crippen LogP contribution in [0, 0.1) is 0 Å². The van der Waals surface area contributed by atoms with E-state index in [9.17, 15) is 14.4 Å². The zero-order valence-electron chi connectivity index (χ0n) is 12.9. The summed E-state index contributed by atoms with van der Waals surface area (Å²) < 4.78 is 9.62. The van der Waals surface area contributed by atoms with Gasteiger partial charge in [0.25, 0.3) is 0 Å². The minimum atomic E-state index is -0.620. The van der Waals surface area contributed by atoms with Crippen LogP contribution in [0.4, 0.5) is 4.79 Å². The molecule has 0 unspecified atom stereocenters. The van der Waals surface area contributed by atoms with E-state index in [1.807, 2.05) is 0 Å². The molecular weight excluding hydrogens is 292 g/mol. The lowest BCUT2D eigenvalue weighted by molar-refractivity contribution is -0.146. The molecule has 8 nitrogen and oxygen atoms in total. The van der Waals surface area contributed by atoms with Crippen LogP contribution in [0.5, 0.6) is 0 Å². The van der Waals surface area contributed by atoms with E-state index in [1.165, 1.54) is 13.8 Å². The van der Waals surface area contributed by atoms with Crippen molar-refractivity contribution >= 4 is 18.0 Å². The maximum Gasteiger partial charge on any atom is 0.407 e. The van der Waals surface area contributed by atoms with Crippen molar-refractivity contribution in [3.63, 3.8) is 0 Å². The zero-order valence-corrected chi connectivity index (χ0v) is 12.9. The zero-order chi connectivity index (χ0) is 17.0. The molecule has 22 heavy (non-hydrogen) atoms. The Morgan fingerprint density at radius 2 is 1.55 bits per heavy atom. The molecule has 124 valence electrons. The summed E-state index contributed by atoms with van der Waals surface area (Å²) in [6.07, 6.45) is -0.160. The molecule has 0 fully saturated rings. The van der Waals surface area contributed by atoms with Gasteiger partial charge in [-0.15, -0.1) is 0 Å². The minimum absolute atomic E-state index is 0.0409. The molecule has 0 aromatic carbocycles. The van der Waals surface area contributed by atoms with Crippen molar-refractivity contribution in [1.29, 1.82) is 0 Å². The quantitative estimate of drug-likeness (QED) is 0.202. The van der Waals surface area contributed by atoms with Crippen molar-refractivity contribution in [2.24, 2.45) is 0 Å². The summed E-state index contributed by atoms with van der Waals surface area (Å²) in [6, 6.07) is 0. The Morgan fingerprint density at radius 3 is 2.14 bits per heavy atom. The minimum Gasteiger partial charge on any atom is -0.460 e. The fourth-order valence-electron chi connectivity index (χ4n) is 0.984. The fourth-order valence-corrected chi connectivity index (χ4v) is 0.984. The molecule has 8 heteroatoms. The van der Waals surface area contributed by atoms with Crippen molar-refractivity contribution in [3.8, 4) is 0 Å². The Bertz CT molecular complexity index is 433. The van der Waals surface area contributed by atoms with E-state index >= 15 is 0 Å². The van der Waals surface area contributed by atoms with Crippen LogP contribution in [-0.2, 0) is 23.9 Å². The third kappa shape index (κ3) is 10.4. The summed E-state index contributed by atoms with van der Waals surface area (Å²) in [7, 11) is 0. The first kappa shape index (κ1) is 19.7. The number of hydrogen-bond acceptors (Lipinski definition) is 7. The molecule has 0 aromatic heterocycles. The number of alkyl carbamates (subject to hydrolysis) is 1. The van der Waals surface area contributed by atoms with Gasteiger partial charge in [0.2, 0.25) is 0 Å². The predicted octanol–water partition coefficient (Wildman–Crippen LogP) is 0.846.